The summed E-state index contributed by atoms with van der Waals surface area (Å²) in [6.07, 6.45) is 0. The third kappa shape index (κ3) is 3.70. The second-order valence-electron chi connectivity index (χ2n) is 4.31. The molecule has 1 amide bonds. The standard InChI is InChI=1S/C13H19FN2O2/c1-9(16(2)3)13(17)15-8-10-5-6-11(14)7-12(10)18-4/h5-7,9H,8H2,1-4H3,(H,15,17). The number of halogens is 1. The first-order chi connectivity index (χ1) is 8.45. The summed E-state index contributed by atoms with van der Waals surface area (Å²) < 4.78 is 18.1. The van der Waals surface area contributed by atoms with Crippen molar-refractivity contribution in [3.8, 4) is 5.75 Å². The fourth-order valence-electron chi connectivity index (χ4n) is 1.43. The number of carbonyl (C=O) groups is 1. The molecule has 100 valence electrons. The van der Waals surface area contributed by atoms with Gasteiger partial charge in [-0.05, 0) is 27.1 Å². The van der Waals surface area contributed by atoms with E-state index in [1.54, 1.807) is 6.07 Å². The fraction of sp³-hybridized carbons (Fsp3) is 0.462. The Hall–Kier alpha value is -1.62. The maximum Gasteiger partial charge on any atom is 0.237 e. The Balaban J connectivity index is 2.66. The molecule has 0 aliphatic carbocycles. The minimum atomic E-state index is -0.358. The zero-order valence-electron chi connectivity index (χ0n) is 11.2. The average molecular weight is 254 g/mol. The van der Waals surface area contributed by atoms with Gasteiger partial charge in [0.2, 0.25) is 5.91 Å². The van der Waals surface area contributed by atoms with Crippen LogP contribution in [-0.2, 0) is 11.3 Å². The van der Waals surface area contributed by atoms with Crippen molar-refractivity contribution in [2.75, 3.05) is 21.2 Å². The minimum absolute atomic E-state index is 0.0774. The number of rotatable bonds is 5. The Kier molecular flexibility index (Phi) is 5.09. The van der Waals surface area contributed by atoms with Gasteiger partial charge in [-0.1, -0.05) is 6.07 Å². The van der Waals surface area contributed by atoms with E-state index in [1.165, 1.54) is 19.2 Å². The van der Waals surface area contributed by atoms with Crippen LogP contribution < -0.4 is 10.1 Å². The number of benzene rings is 1. The van der Waals surface area contributed by atoms with E-state index in [2.05, 4.69) is 5.32 Å². The molecule has 0 aliphatic heterocycles. The van der Waals surface area contributed by atoms with Gasteiger partial charge in [0.15, 0.2) is 0 Å². The van der Waals surface area contributed by atoms with Gasteiger partial charge in [0.1, 0.15) is 11.6 Å². The summed E-state index contributed by atoms with van der Waals surface area (Å²) in [5, 5.41) is 2.79. The smallest absolute Gasteiger partial charge is 0.237 e. The number of ether oxygens (including phenoxy) is 1. The van der Waals surface area contributed by atoms with E-state index in [9.17, 15) is 9.18 Å². The summed E-state index contributed by atoms with van der Waals surface area (Å²) in [6, 6.07) is 4.04. The molecule has 0 spiro atoms. The maximum absolute atomic E-state index is 13.0. The van der Waals surface area contributed by atoms with Gasteiger partial charge < -0.3 is 10.1 Å². The Morgan fingerprint density at radius 2 is 2.17 bits per heavy atom. The first-order valence-electron chi connectivity index (χ1n) is 5.72. The number of nitrogens with one attached hydrogen (secondary N) is 1. The third-order valence-corrected chi connectivity index (χ3v) is 2.86. The Morgan fingerprint density at radius 3 is 2.72 bits per heavy atom. The topological polar surface area (TPSA) is 41.6 Å². The molecule has 0 bridgehead atoms. The lowest BCUT2D eigenvalue weighted by atomic mass is 10.2. The first kappa shape index (κ1) is 14.4. The van der Waals surface area contributed by atoms with Crippen LogP contribution >= 0.6 is 0 Å². The molecule has 1 atom stereocenters. The van der Waals surface area contributed by atoms with E-state index in [-0.39, 0.29) is 17.8 Å². The number of methoxy groups -OCH3 is 1. The Morgan fingerprint density at radius 1 is 1.50 bits per heavy atom. The van der Waals surface area contributed by atoms with Crippen LogP contribution in [0, 0.1) is 5.82 Å². The van der Waals surface area contributed by atoms with Gasteiger partial charge in [-0.3, -0.25) is 9.69 Å². The van der Waals surface area contributed by atoms with Crippen molar-refractivity contribution < 1.29 is 13.9 Å². The molecule has 1 N–H and O–H groups in total. The van der Waals surface area contributed by atoms with Crippen molar-refractivity contribution >= 4 is 5.91 Å². The predicted octanol–water partition coefficient (Wildman–Crippen LogP) is 1.40. The van der Waals surface area contributed by atoms with Gasteiger partial charge >= 0.3 is 0 Å². The summed E-state index contributed by atoms with van der Waals surface area (Å²) in [4.78, 5) is 13.6. The highest BCUT2D eigenvalue weighted by atomic mass is 19.1. The second kappa shape index (κ2) is 6.35. The normalized spacial score (nSPS) is 12.3. The predicted molar refractivity (Wildman–Crippen MR) is 67.9 cm³/mol. The summed E-state index contributed by atoms with van der Waals surface area (Å²) in [7, 11) is 5.15. The molecular weight excluding hydrogens is 235 g/mol. The van der Waals surface area contributed by atoms with E-state index in [4.69, 9.17) is 4.74 Å². The highest BCUT2D eigenvalue weighted by molar-refractivity contribution is 5.81. The number of carbonyl (C=O) groups excluding carboxylic acids is 1. The van der Waals surface area contributed by atoms with Crippen LogP contribution in [0.3, 0.4) is 0 Å². The SMILES string of the molecule is COc1cc(F)ccc1CNC(=O)C(C)N(C)C. The lowest BCUT2D eigenvalue weighted by molar-refractivity contribution is -0.125. The average Bonchev–Trinajstić information content (AvgIpc) is 2.35. The molecule has 5 heteroatoms. The van der Waals surface area contributed by atoms with Crippen molar-refractivity contribution in [1.82, 2.24) is 10.2 Å². The van der Waals surface area contributed by atoms with E-state index >= 15 is 0 Å². The lowest BCUT2D eigenvalue weighted by Crippen LogP contribution is -2.41. The second-order valence-corrected chi connectivity index (χ2v) is 4.31. The summed E-state index contributed by atoms with van der Waals surface area (Å²) >= 11 is 0. The zero-order valence-corrected chi connectivity index (χ0v) is 11.2. The molecule has 0 saturated heterocycles. The van der Waals surface area contributed by atoms with Crippen LogP contribution in [0.5, 0.6) is 5.75 Å². The summed E-state index contributed by atoms with van der Waals surface area (Å²) in [5.74, 6) is 0.00257. The minimum Gasteiger partial charge on any atom is -0.496 e. The molecule has 1 unspecified atom stereocenters. The van der Waals surface area contributed by atoms with Gasteiger partial charge in [0, 0.05) is 18.2 Å². The fourth-order valence-corrected chi connectivity index (χ4v) is 1.43. The van der Waals surface area contributed by atoms with Crippen LogP contribution in [0.25, 0.3) is 0 Å². The number of nitrogens with zero attached hydrogens (tertiary/aromatic N) is 1. The number of amides is 1. The van der Waals surface area contributed by atoms with Crippen molar-refractivity contribution in [2.45, 2.75) is 19.5 Å². The molecule has 0 aliphatic rings. The largest absolute Gasteiger partial charge is 0.496 e. The number of likely N-dealkylation sites (N-methyl/N-ethyl adjacent to an activating group) is 1. The Labute approximate surface area is 107 Å². The molecule has 1 rings (SSSR count). The Bertz CT molecular complexity index is 421. The lowest BCUT2D eigenvalue weighted by Gasteiger charge is -2.19. The van der Waals surface area contributed by atoms with Crippen LogP contribution in [0.1, 0.15) is 12.5 Å². The van der Waals surface area contributed by atoms with E-state index in [0.717, 1.165) is 5.56 Å². The van der Waals surface area contributed by atoms with Gasteiger partial charge in [-0.2, -0.15) is 0 Å². The van der Waals surface area contributed by atoms with Crippen LogP contribution in [0.2, 0.25) is 0 Å². The molecule has 1 aromatic carbocycles. The molecule has 0 radical (unpaired) electrons. The molecule has 0 saturated carbocycles. The van der Waals surface area contributed by atoms with E-state index in [1.807, 2.05) is 25.9 Å². The molecule has 0 heterocycles. The molecule has 18 heavy (non-hydrogen) atoms. The maximum atomic E-state index is 13.0. The van der Waals surface area contributed by atoms with Crippen molar-refractivity contribution in [3.63, 3.8) is 0 Å². The van der Waals surface area contributed by atoms with Crippen molar-refractivity contribution in [3.05, 3.63) is 29.6 Å². The van der Waals surface area contributed by atoms with Crippen LogP contribution in [0.4, 0.5) is 4.39 Å². The summed E-state index contributed by atoms with van der Waals surface area (Å²) in [5.41, 5.74) is 0.748. The molecule has 1 aromatic rings. The van der Waals surface area contributed by atoms with Gasteiger partial charge in [-0.15, -0.1) is 0 Å². The van der Waals surface area contributed by atoms with Gasteiger partial charge in [-0.25, -0.2) is 4.39 Å². The van der Waals surface area contributed by atoms with Gasteiger partial charge in [0.05, 0.1) is 13.2 Å². The highest BCUT2D eigenvalue weighted by Gasteiger charge is 2.15. The highest BCUT2D eigenvalue weighted by Crippen LogP contribution is 2.19. The zero-order chi connectivity index (χ0) is 13.7. The molecular formula is C13H19FN2O2. The summed E-state index contributed by atoms with van der Waals surface area (Å²) in [6.45, 7) is 2.14. The van der Waals surface area contributed by atoms with E-state index in [0.29, 0.717) is 12.3 Å². The third-order valence-electron chi connectivity index (χ3n) is 2.86. The molecule has 4 nitrogen and oxygen atoms in total. The first-order valence-corrected chi connectivity index (χ1v) is 5.72. The molecule has 0 aromatic heterocycles. The van der Waals surface area contributed by atoms with Crippen molar-refractivity contribution in [2.24, 2.45) is 0 Å². The monoisotopic (exact) mass is 254 g/mol. The number of hydrogen-bond acceptors (Lipinski definition) is 3. The van der Waals surface area contributed by atoms with Gasteiger partial charge in [0.25, 0.3) is 0 Å². The van der Waals surface area contributed by atoms with E-state index < -0.39 is 0 Å². The van der Waals surface area contributed by atoms with Crippen LogP contribution in [0.15, 0.2) is 18.2 Å². The van der Waals surface area contributed by atoms with Crippen molar-refractivity contribution in [1.29, 1.82) is 0 Å². The molecule has 0 fully saturated rings. The quantitative estimate of drug-likeness (QED) is 0.863. The van der Waals surface area contributed by atoms with Crippen LogP contribution in [-0.4, -0.2) is 38.1 Å². The number of hydrogen-bond donors (Lipinski definition) is 1.